The van der Waals surface area contributed by atoms with E-state index in [1.54, 1.807) is 12.2 Å². The van der Waals surface area contributed by atoms with Gasteiger partial charge in [0.25, 0.3) is 0 Å². The van der Waals surface area contributed by atoms with Crippen LogP contribution in [0.5, 0.6) is 0 Å². The van der Waals surface area contributed by atoms with Crippen molar-refractivity contribution in [1.29, 1.82) is 0 Å². The largest absolute Gasteiger partial charge is 0.481 e. The van der Waals surface area contributed by atoms with Crippen LogP contribution in [0.4, 0.5) is 13.2 Å². The van der Waals surface area contributed by atoms with Crippen LogP contribution in [0.2, 0.25) is 0 Å². The molecule has 2 N–H and O–H groups in total. The predicted octanol–water partition coefficient (Wildman–Crippen LogP) is 2.80. The molecule has 0 fully saturated rings. The van der Waals surface area contributed by atoms with Crippen molar-refractivity contribution in [1.82, 2.24) is 0 Å². The lowest BCUT2D eigenvalue weighted by atomic mass is 9.77. The molecule has 6 heteroatoms. The average Bonchev–Trinajstić information content (AvgIpc) is 2.42. The third kappa shape index (κ3) is 2.70. The van der Waals surface area contributed by atoms with Gasteiger partial charge in [-0.05, 0) is 18.9 Å². The van der Waals surface area contributed by atoms with Gasteiger partial charge in [0.2, 0.25) is 0 Å². The maximum atomic E-state index is 13.6. The third-order valence-electron chi connectivity index (χ3n) is 3.56. The Morgan fingerprint density at radius 1 is 1.10 bits per heavy atom. The lowest BCUT2D eigenvalue weighted by Gasteiger charge is -2.29. The Labute approximate surface area is 113 Å². The van der Waals surface area contributed by atoms with E-state index in [4.69, 9.17) is 5.11 Å². The van der Waals surface area contributed by atoms with E-state index in [1.165, 1.54) is 0 Å². The lowest BCUT2D eigenvalue weighted by Crippen LogP contribution is -2.30. The van der Waals surface area contributed by atoms with Gasteiger partial charge in [-0.15, -0.1) is 0 Å². The van der Waals surface area contributed by atoms with Crippen LogP contribution in [0, 0.1) is 29.3 Å². The first-order valence-electron chi connectivity index (χ1n) is 6.12. The molecule has 2 rings (SSSR count). The highest BCUT2D eigenvalue weighted by Gasteiger charge is 2.35. The molecule has 108 valence electrons. The first kappa shape index (κ1) is 14.6. The van der Waals surface area contributed by atoms with Gasteiger partial charge in [0, 0.05) is 17.5 Å². The molecule has 0 spiro atoms. The van der Waals surface area contributed by atoms with E-state index in [0.29, 0.717) is 12.1 Å². The number of carboxylic acids is 1. The summed E-state index contributed by atoms with van der Waals surface area (Å²) in [4.78, 5) is 11.1. The summed E-state index contributed by atoms with van der Waals surface area (Å²) in [6, 6.07) is 0.925. The van der Waals surface area contributed by atoms with Crippen molar-refractivity contribution in [3.63, 3.8) is 0 Å². The molecule has 0 saturated heterocycles. The topological polar surface area (TPSA) is 57.5 Å². The summed E-state index contributed by atoms with van der Waals surface area (Å²) in [6.07, 6.45) is 2.30. The molecule has 0 saturated carbocycles. The Balaban J connectivity index is 2.35. The van der Waals surface area contributed by atoms with Gasteiger partial charge in [-0.3, -0.25) is 4.79 Å². The number of aliphatic hydroxyl groups is 1. The van der Waals surface area contributed by atoms with Gasteiger partial charge < -0.3 is 10.2 Å². The number of hydrogen-bond acceptors (Lipinski definition) is 2. The zero-order valence-corrected chi connectivity index (χ0v) is 10.4. The Kier molecular flexibility index (Phi) is 4.13. The SMILES string of the molecule is O=C(O)C1CC=CCC1C(O)c1cc(F)c(F)cc1F. The summed E-state index contributed by atoms with van der Waals surface area (Å²) < 4.78 is 39.7. The Morgan fingerprint density at radius 3 is 2.35 bits per heavy atom. The number of hydrogen-bond donors (Lipinski definition) is 2. The van der Waals surface area contributed by atoms with Crippen LogP contribution in [0.15, 0.2) is 24.3 Å². The molecule has 1 aromatic carbocycles. The van der Waals surface area contributed by atoms with Crippen LogP contribution in [0.25, 0.3) is 0 Å². The summed E-state index contributed by atoms with van der Waals surface area (Å²) in [7, 11) is 0. The van der Waals surface area contributed by atoms with E-state index in [0.717, 1.165) is 0 Å². The summed E-state index contributed by atoms with van der Waals surface area (Å²) in [6.45, 7) is 0. The van der Waals surface area contributed by atoms with Crippen LogP contribution in [-0.2, 0) is 4.79 Å². The Morgan fingerprint density at radius 2 is 1.70 bits per heavy atom. The maximum absolute atomic E-state index is 13.6. The number of aliphatic carboxylic acids is 1. The molecule has 0 aromatic heterocycles. The number of allylic oxidation sites excluding steroid dienone is 2. The number of carbonyl (C=O) groups is 1. The van der Waals surface area contributed by atoms with Crippen molar-refractivity contribution < 1.29 is 28.2 Å². The van der Waals surface area contributed by atoms with Gasteiger partial charge in [-0.1, -0.05) is 12.2 Å². The van der Waals surface area contributed by atoms with E-state index in [-0.39, 0.29) is 12.8 Å². The molecule has 3 unspecified atom stereocenters. The summed E-state index contributed by atoms with van der Waals surface area (Å²) in [5.41, 5.74) is -0.421. The molecule has 0 radical (unpaired) electrons. The second kappa shape index (κ2) is 5.66. The number of aliphatic hydroxyl groups excluding tert-OH is 1. The van der Waals surface area contributed by atoms with Gasteiger partial charge in [0.05, 0.1) is 12.0 Å². The monoisotopic (exact) mass is 286 g/mol. The Hall–Kier alpha value is -1.82. The highest BCUT2D eigenvalue weighted by molar-refractivity contribution is 5.71. The lowest BCUT2D eigenvalue weighted by molar-refractivity contribution is -0.145. The molecule has 0 aliphatic heterocycles. The average molecular weight is 286 g/mol. The predicted molar refractivity (Wildman–Crippen MR) is 64.3 cm³/mol. The van der Waals surface area contributed by atoms with Gasteiger partial charge in [0.15, 0.2) is 11.6 Å². The molecule has 1 aromatic rings. The summed E-state index contributed by atoms with van der Waals surface area (Å²) in [5, 5.41) is 19.2. The first-order valence-corrected chi connectivity index (χ1v) is 6.12. The minimum absolute atomic E-state index is 0.211. The van der Waals surface area contributed by atoms with Crippen LogP contribution in [0.1, 0.15) is 24.5 Å². The molecule has 3 nitrogen and oxygen atoms in total. The molecular formula is C14H13F3O3. The second-order valence-corrected chi connectivity index (χ2v) is 4.78. The van der Waals surface area contributed by atoms with Crippen LogP contribution in [0.3, 0.4) is 0 Å². The van der Waals surface area contributed by atoms with Crippen LogP contribution >= 0.6 is 0 Å². The van der Waals surface area contributed by atoms with Crippen molar-refractivity contribution in [3.8, 4) is 0 Å². The molecular weight excluding hydrogens is 273 g/mol. The number of carboxylic acid groups (broad SMARTS) is 1. The fraction of sp³-hybridized carbons (Fsp3) is 0.357. The maximum Gasteiger partial charge on any atom is 0.307 e. The number of rotatable bonds is 3. The minimum atomic E-state index is -1.50. The standard InChI is InChI=1S/C14H13F3O3/c15-10-6-12(17)11(16)5-9(10)13(18)7-3-1-2-4-8(7)14(19)20/h1-2,5-8,13,18H,3-4H2,(H,19,20). The van der Waals surface area contributed by atoms with Crippen molar-refractivity contribution in [2.75, 3.05) is 0 Å². The van der Waals surface area contributed by atoms with E-state index in [1.807, 2.05) is 0 Å². The second-order valence-electron chi connectivity index (χ2n) is 4.78. The zero-order valence-electron chi connectivity index (χ0n) is 10.4. The highest BCUT2D eigenvalue weighted by atomic mass is 19.2. The highest BCUT2D eigenvalue weighted by Crippen LogP contribution is 2.37. The van der Waals surface area contributed by atoms with Crippen molar-refractivity contribution in [2.24, 2.45) is 11.8 Å². The normalized spacial score (nSPS) is 23.6. The minimum Gasteiger partial charge on any atom is -0.481 e. The van der Waals surface area contributed by atoms with E-state index in [2.05, 4.69) is 0 Å². The molecule has 0 amide bonds. The van der Waals surface area contributed by atoms with E-state index in [9.17, 15) is 23.1 Å². The molecule has 3 atom stereocenters. The Bertz CT molecular complexity index is 557. The van der Waals surface area contributed by atoms with Crippen molar-refractivity contribution in [3.05, 3.63) is 47.3 Å². The smallest absolute Gasteiger partial charge is 0.307 e. The van der Waals surface area contributed by atoms with Gasteiger partial charge in [0.1, 0.15) is 5.82 Å². The molecule has 0 heterocycles. The summed E-state index contributed by atoms with van der Waals surface area (Å²) >= 11 is 0. The van der Waals surface area contributed by atoms with E-state index < -0.39 is 46.9 Å². The van der Waals surface area contributed by atoms with Crippen LogP contribution < -0.4 is 0 Å². The van der Waals surface area contributed by atoms with Crippen LogP contribution in [-0.4, -0.2) is 16.2 Å². The van der Waals surface area contributed by atoms with Gasteiger partial charge in [-0.2, -0.15) is 0 Å². The molecule has 1 aliphatic rings. The van der Waals surface area contributed by atoms with E-state index >= 15 is 0 Å². The molecule has 1 aliphatic carbocycles. The van der Waals surface area contributed by atoms with Crippen molar-refractivity contribution in [2.45, 2.75) is 18.9 Å². The fourth-order valence-corrected chi connectivity index (χ4v) is 2.46. The third-order valence-corrected chi connectivity index (χ3v) is 3.56. The molecule has 0 bridgehead atoms. The number of benzene rings is 1. The van der Waals surface area contributed by atoms with Gasteiger partial charge >= 0.3 is 5.97 Å². The van der Waals surface area contributed by atoms with Crippen molar-refractivity contribution >= 4 is 5.97 Å². The fourth-order valence-electron chi connectivity index (χ4n) is 2.46. The molecule has 20 heavy (non-hydrogen) atoms. The first-order chi connectivity index (χ1) is 9.41. The number of halogens is 3. The summed E-state index contributed by atoms with van der Waals surface area (Å²) in [5.74, 6) is -6.49. The zero-order chi connectivity index (χ0) is 14.9. The van der Waals surface area contributed by atoms with Gasteiger partial charge in [-0.25, -0.2) is 13.2 Å². The quantitative estimate of drug-likeness (QED) is 0.663.